The van der Waals surface area contributed by atoms with Crippen LogP contribution in [-0.4, -0.2) is 50.6 Å². The summed E-state index contributed by atoms with van der Waals surface area (Å²) >= 11 is 0. The van der Waals surface area contributed by atoms with Gasteiger partial charge in [-0.05, 0) is 65.9 Å². The second-order valence-electron chi connectivity index (χ2n) is 10.3. The first-order chi connectivity index (χ1) is 18.3. The first-order valence-corrected chi connectivity index (χ1v) is 13.9. The summed E-state index contributed by atoms with van der Waals surface area (Å²) < 4.78 is 45.2. The van der Waals surface area contributed by atoms with E-state index in [-0.39, 0.29) is 28.1 Å². The highest BCUT2D eigenvalue weighted by Crippen LogP contribution is 2.70. The van der Waals surface area contributed by atoms with E-state index in [4.69, 9.17) is 0 Å². The number of rotatable bonds is 5. The lowest BCUT2D eigenvalue weighted by molar-refractivity contribution is 0.419. The molecule has 5 aromatic rings. The zero-order valence-electron chi connectivity index (χ0n) is 20.9. The lowest BCUT2D eigenvalue weighted by Crippen LogP contribution is -2.34. The van der Waals surface area contributed by atoms with Crippen molar-refractivity contribution < 1.29 is 12.8 Å². The molecule has 2 aliphatic rings. The SMILES string of the molecule is Cc1cc2c(cnn2-c2ccc(F)cc2)cc1C12CN(S(=O)(=O)c3cn(C)nn3)CC1C2c1ccccc1. The largest absolute Gasteiger partial charge is 0.264 e. The van der Waals surface area contributed by atoms with Gasteiger partial charge in [-0.2, -0.15) is 9.40 Å². The van der Waals surface area contributed by atoms with Gasteiger partial charge in [0.25, 0.3) is 10.0 Å². The molecule has 3 heterocycles. The number of aryl methyl sites for hydroxylation is 2. The van der Waals surface area contributed by atoms with E-state index in [0.717, 1.165) is 27.7 Å². The maximum absolute atomic E-state index is 13.5. The van der Waals surface area contributed by atoms with Gasteiger partial charge in [0.15, 0.2) is 0 Å². The predicted octanol–water partition coefficient (Wildman–Crippen LogP) is 3.96. The number of hydrogen-bond donors (Lipinski definition) is 0. The maximum Gasteiger partial charge on any atom is 0.264 e. The third-order valence-corrected chi connectivity index (χ3v) is 9.85. The average molecular weight is 529 g/mol. The Morgan fingerprint density at radius 2 is 1.82 bits per heavy atom. The lowest BCUT2D eigenvalue weighted by Gasteiger charge is -2.24. The van der Waals surface area contributed by atoms with Crippen molar-refractivity contribution >= 4 is 20.9 Å². The van der Waals surface area contributed by atoms with Crippen LogP contribution < -0.4 is 0 Å². The Morgan fingerprint density at radius 1 is 1.05 bits per heavy atom. The number of sulfonamides is 1. The van der Waals surface area contributed by atoms with Crippen LogP contribution in [0.5, 0.6) is 0 Å². The van der Waals surface area contributed by atoms with Gasteiger partial charge >= 0.3 is 0 Å². The Hall–Kier alpha value is -3.89. The summed E-state index contributed by atoms with van der Waals surface area (Å²) in [5.74, 6) is 0.0525. The first-order valence-electron chi connectivity index (χ1n) is 12.5. The second kappa shape index (κ2) is 8.05. The summed E-state index contributed by atoms with van der Waals surface area (Å²) in [7, 11) is -2.11. The number of piperidine rings is 1. The van der Waals surface area contributed by atoms with Crippen LogP contribution in [-0.2, 0) is 22.5 Å². The van der Waals surface area contributed by atoms with Gasteiger partial charge in [0.1, 0.15) is 5.82 Å². The molecular weight excluding hydrogens is 503 g/mol. The molecule has 2 aromatic heterocycles. The van der Waals surface area contributed by atoms with E-state index in [2.05, 4.69) is 46.6 Å². The van der Waals surface area contributed by atoms with E-state index in [9.17, 15) is 12.8 Å². The molecule has 1 saturated heterocycles. The zero-order valence-corrected chi connectivity index (χ0v) is 21.7. The lowest BCUT2D eigenvalue weighted by atomic mass is 9.87. The van der Waals surface area contributed by atoms with Crippen molar-refractivity contribution in [3.05, 3.63) is 102 Å². The highest BCUT2D eigenvalue weighted by molar-refractivity contribution is 7.89. The second-order valence-corrected chi connectivity index (χ2v) is 12.2. The molecule has 7 rings (SSSR count). The van der Waals surface area contributed by atoms with Gasteiger partial charge in [-0.3, -0.25) is 4.68 Å². The highest BCUT2D eigenvalue weighted by Gasteiger charge is 2.71. The normalized spacial score (nSPS) is 23.1. The van der Waals surface area contributed by atoms with E-state index in [1.165, 1.54) is 28.6 Å². The van der Waals surface area contributed by atoms with E-state index in [1.807, 2.05) is 29.1 Å². The van der Waals surface area contributed by atoms with Crippen molar-refractivity contribution in [3.63, 3.8) is 0 Å². The summed E-state index contributed by atoms with van der Waals surface area (Å²) in [5, 5.41) is 13.2. The number of benzene rings is 3. The van der Waals surface area contributed by atoms with E-state index < -0.39 is 10.0 Å². The Morgan fingerprint density at radius 3 is 2.53 bits per heavy atom. The topological polar surface area (TPSA) is 85.9 Å². The van der Waals surface area contributed by atoms with Gasteiger partial charge in [0, 0.05) is 36.9 Å². The molecule has 3 unspecified atom stereocenters. The van der Waals surface area contributed by atoms with Crippen LogP contribution in [0, 0.1) is 18.7 Å². The molecule has 192 valence electrons. The fraction of sp³-hybridized carbons (Fsp3) is 0.250. The van der Waals surface area contributed by atoms with Crippen LogP contribution in [0.3, 0.4) is 0 Å². The van der Waals surface area contributed by atoms with Gasteiger partial charge in [-0.15, -0.1) is 5.10 Å². The van der Waals surface area contributed by atoms with E-state index in [0.29, 0.717) is 13.1 Å². The zero-order chi connectivity index (χ0) is 26.2. The van der Waals surface area contributed by atoms with E-state index >= 15 is 0 Å². The average Bonchev–Trinajstić information content (AvgIpc) is 3.34. The number of aromatic nitrogens is 5. The molecule has 10 heteroatoms. The van der Waals surface area contributed by atoms with Crippen molar-refractivity contribution in [1.82, 2.24) is 29.1 Å². The van der Waals surface area contributed by atoms with Crippen LogP contribution >= 0.6 is 0 Å². The number of halogens is 1. The molecule has 2 fully saturated rings. The minimum Gasteiger partial charge on any atom is -0.254 e. The molecule has 0 radical (unpaired) electrons. The van der Waals surface area contributed by atoms with Crippen LogP contribution in [0.25, 0.3) is 16.6 Å². The van der Waals surface area contributed by atoms with Crippen LogP contribution in [0.2, 0.25) is 0 Å². The van der Waals surface area contributed by atoms with Gasteiger partial charge < -0.3 is 0 Å². The minimum absolute atomic E-state index is 0.0274. The number of hydrogen-bond acceptors (Lipinski definition) is 5. The summed E-state index contributed by atoms with van der Waals surface area (Å²) in [6.07, 6.45) is 3.26. The molecule has 0 amide bonds. The van der Waals surface area contributed by atoms with Crippen LogP contribution in [0.15, 0.2) is 84.1 Å². The smallest absolute Gasteiger partial charge is 0.254 e. The Balaban J connectivity index is 1.33. The molecule has 1 saturated carbocycles. The summed E-state index contributed by atoms with van der Waals surface area (Å²) in [6, 6.07) is 20.9. The van der Waals surface area contributed by atoms with Crippen molar-refractivity contribution in [2.45, 2.75) is 23.3 Å². The third-order valence-electron chi connectivity index (χ3n) is 8.18. The minimum atomic E-state index is -3.77. The van der Waals surface area contributed by atoms with Gasteiger partial charge in [0.2, 0.25) is 5.03 Å². The third kappa shape index (κ3) is 3.30. The van der Waals surface area contributed by atoms with Crippen molar-refractivity contribution in [2.75, 3.05) is 13.1 Å². The quantitative estimate of drug-likeness (QED) is 0.345. The fourth-order valence-corrected chi connectivity index (χ4v) is 7.88. The maximum atomic E-state index is 13.5. The standard InChI is InChI=1S/C28H25FN6O2S/c1-18-12-25-20(14-30-35(25)22-10-8-21(29)9-11-22)13-23(18)28-17-34(38(36,37)26-16-33(2)32-31-26)15-24(28)27(28)19-6-4-3-5-7-19/h3-14,16,24,27H,15,17H2,1-2H3. The molecular formula is C28H25FN6O2S. The highest BCUT2D eigenvalue weighted by atomic mass is 32.2. The molecule has 3 atom stereocenters. The molecule has 8 nitrogen and oxygen atoms in total. The Labute approximate surface area is 219 Å². The fourth-order valence-electron chi connectivity index (χ4n) is 6.45. The van der Waals surface area contributed by atoms with Crippen molar-refractivity contribution in [2.24, 2.45) is 13.0 Å². The molecule has 0 N–H and O–H groups in total. The van der Waals surface area contributed by atoms with E-state index in [1.54, 1.807) is 23.5 Å². The molecule has 1 aliphatic carbocycles. The van der Waals surface area contributed by atoms with Crippen LogP contribution in [0.1, 0.15) is 22.6 Å². The van der Waals surface area contributed by atoms with Crippen LogP contribution in [0.4, 0.5) is 4.39 Å². The summed E-state index contributed by atoms with van der Waals surface area (Å²) in [5.41, 5.74) is 4.77. The molecule has 0 spiro atoms. The van der Waals surface area contributed by atoms with Gasteiger partial charge in [0.05, 0.1) is 23.6 Å². The monoisotopic (exact) mass is 528 g/mol. The van der Waals surface area contributed by atoms with Gasteiger partial charge in [-0.25, -0.2) is 17.5 Å². The molecule has 1 aliphatic heterocycles. The van der Waals surface area contributed by atoms with Crippen molar-refractivity contribution in [1.29, 1.82) is 0 Å². The summed E-state index contributed by atoms with van der Waals surface area (Å²) in [6.45, 7) is 2.86. The number of nitrogens with zero attached hydrogens (tertiary/aromatic N) is 6. The molecule has 0 bridgehead atoms. The summed E-state index contributed by atoms with van der Waals surface area (Å²) in [4.78, 5) is 0. The molecule has 38 heavy (non-hydrogen) atoms. The van der Waals surface area contributed by atoms with Crippen molar-refractivity contribution in [3.8, 4) is 5.69 Å². The predicted molar refractivity (Wildman–Crippen MR) is 140 cm³/mol. The Kier molecular flexibility index (Phi) is 4.93. The first kappa shape index (κ1) is 23.2. The number of fused-ring (bicyclic) bond motifs is 2. The van der Waals surface area contributed by atoms with Gasteiger partial charge in [-0.1, -0.05) is 35.5 Å². The Bertz CT molecular complexity index is 1800. The molecule has 3 aromatic carbocycles.